The summed E-state index contributed by atoms with van der Waals surface area (Å²) in [6.07, 6.45) is -0.790. The maximum absolute atomic E-state index is 13.2. The quantitative estimate of drug-likeness (QED) is 0.0524. The van der Waals surface area contributed by atoms with Gasteiger partial charge in [-0.3, -0.25) is 9.59 Å². The highest BCUT2D eigenvalue weighted by Gasteiger charge is 2.40. The first kappa shape index (κ1) is 43.9. The van der Waals surface area contributed by atoms with Crippen LogP contribution >= 0.6 is 0 Å². The van der Waals surface area contributed by atoms with Crippen LogP contribution in [0.3, 0.4) is 0 Å². The summed E-state index contributed by atoms with van der Waals surface area (Å²) in [4.78, 5) is 24.7. The molecule has 10 heteroatoms. The van der Waals surface area contributed by atoms with Gasteiger partial charge in [-0.05, 0) is 81.9 Å². The van der Waals surface area contributed by atoms with Gasteiger partial charge in [0.2, 0.25) is 0 Å². The highest BCUT2D eigenvalue weighted by molar-refractivity contribution is 5.76. The van der Waals surface area contributed by atoms with E-state index in [1.807, 2.05) is 158 Å². The molecule has 61 heavy (non-hydrogen) atoms. The van der Waals surface area contributed by atoms with Crippen molar-refractivity contribution in [3.05, 3.63) is 191 Å². The van der Waals surface area contributed by atoms with Crippen molar-refractivity contribution in [2.75, 3.05) is 41.7 Å². The molecule has 0 spiro atoms. The van der Waals surface area contributed by atoms with E-state index in [0.717, 1.165) is 33.4 Å². The fraction of sp³-hybridized carbons (Fsp3) is 0.255. The third kappa shape index (κ3) is 10.4. The fourth-order valence-corrected chi connectivity index (χ4v) is 7.55. The van der Waals surface area contributed by atoms with E-state index in [0.29, 0.717) is 23.0 Å². The second-order valence-corrected chi connectivity index (χ2v) is 14.3. The zero-order valence-electron chi connectivity index (χ0n) is 35.0. The molecule has 0 saturated carbocycles. The Balaban J connectivity index is 1.35. The van der Waals surface area contributed by atoms with Gasteiger partial charge in [0.05, 0.1) is 54.5 Å². The maximum atomic E-state index is 13.2. The average Bonchev–Trinajstić information content (AvgIpc) is 3.32. The molecule has 6 aromatic carbocycles. The summed E-state index contributed by atoms with van der Waals surface area (Å²) in [6, 6.07) is 50.9. The van der Waals surface area contributed by atoms with Crippen molar-refractivity contribution in [3.8, 4) is 23.0 Å². The zero-order chi connectivity index (χ0) is 43.1. The summed E-state index contributed by atoms with van der Waals surface area (Å²) in [6.45, 7) is 0.287. The third-order valence-corrected chi connectivity index (χ3v) is 10.7. The van der Waals surface area contributed by atoms with Crippen LogP contribution in [0.5, 0.6) is 23.0 Å². The van der Waals surface area contributed by atoms with E-state index >= 15 is 0 Å². The monoisotopic (exact) mass is 824 g/mol. The predicted octanol–water partition coefficient (Wildman–Crippen LogP) is 9.60. The number of benzene rings is 6. The van der Waals surface area contributed by atoms with Crippen molar-refractivity contribution in [1.82, 2.24) is 0 Å². The Labute approximate surface area is 357 Å². The number of ether oxygens (including phenoxy) is 7. The van der Waals surface area contributed by atoms with Gasteiger partial charge < -0.3 is 38.3 Å². The van der Waals surface area contributed by atoms with E-state index < -0.39 is 29.2 Å². The lowest BCUT2D eigenvalue weighted by Crippen LogP contribution is -2.35. The fourth-order valence-electron chi connectivity index (χ4n) is 7.55. The molecule has 6 rings (SSSR count). The van der Waals surface area contributed by atoms with Crippen LogP contribution in [0.15, 0.2) is 158 Å². The first-order chi connectivity index (χ1) is 29.7. The molecule has 0 fully saturated rings. The minimum absolute atomic E-state index is 0.143. The Morgan fingerprint density at radius 3 is 1.02 bits per heavy atom. The van der Waals surface area contributed by atoms with Crippen LogP contribution in [0.4, 0.5) is 0 Å². The number of aliphatic carboxylic acids is 1. The summed E-state index contributed by atoms with van der Waals surface area (Å²) in [5.74, 6) is 1.09. The van der Waals surface area contributed by atoms with Gasteiger partial charge in [-0.1, -0.05) is 109 Å². The molecule has 0 unspecified atom stereocenters. The molecule has 0 heterocycles. The van der Waals surface area contributed by atoms with Crippen molar-refractivity contribution >= 4 is 11.9 Å². The van der Waals surface area contributed by atoms with Crippen molar-refractivity contribution < 1.29 is 47.9 Å². The highest BCUT2D eigenvalue weighted by atomic mass is 16.6. The topological polar surface area (TPSA) is 119 Å². The average molecular weight is 825 g/mol. The van der Waals surface area contributed by atoms with Crippen LogP contribution in [-0.2, 0) is 35.0 Å². The number of carbonyl (C=O) groups is 2. The number of methoxy groups -OCH3 is 4. The normalized spacial score (nSPS) is 11.5. The van der Waals surface area contributed by atoms with Crippen molar-refractivity contribution in [2.45, 2.75) is 43.0 Å². The second kappa shape index (κ2) is 21.1. The van der Waals surface area contributed by atoms with Crippen molar-refractivity contribution in [3.63, 3.8) is 0 Å². The number of rotatable bonds is 22. The molecule has 0 aliphatic carbocycles. The third-order valence-electron chi connectivity index (χ3n) is 10.7. The Hall–Kier alpha value is -6.62. The standard InChI is InChI=1S/C51H52O10/c1-55-43-23-15-39(16-24-43)50(37-11-7-5-8-12-37,40-17-25-44(56-2)26-18-40)59-35-33-47(61-49(54)32-31-48(52)53)34-36-60-51(38-13-9-6-10-14-38,41-19-27-45(57-3)28-20-41)42-21-29-46(58-4)30-22-42/h5-30,47H,31-36H2,1-4H3,(H,52,53). The van der Waals surface area contributed by atoms with E-state index in [1.165, 1.54) is 0 Å². The molecule has 0 aromatic heterocycles. The van der Waals surface area contributed by atoms with Crippen molar-refractivity contribution in [1.29, 1.82) is 0 Å². The number of carboxylic acids is 1. The largest absolute Gasteiger partial charge is 0.497 e. The van der Waals surface area contributed by atoms with E-state index in [-0.39, 0.29) is 38.9 Å². The molecule has 0 radical (unpaired) electrons. The highest BCUT2D eigenvalue weighted by Crippen LogP contribution is 2.44. The SMILES string of the molecule is COc1ccc(C(OCCC(CCOC(c2ccccc2)(c2ccc(OC)cc2)c2ccc(OC)cc2)OC(=O)CCC(=O)O)(c2ccccc2)c2ccc(OC)cc2)cc1. The lowest BCUT2D eigenvalue weighted by molar-refractivity contribution is -0.154. The molecule has 0 bridgehead atoms. The van der Waals surface area contributed by atoms with Crippen LogP contribution < -0.4 is 18.9 Å². The first-order valence-corrected chi connectivity index (χ1v) is 20.1. The molecule has 0 aliphatic heterocycles. The Morgan fingerprint density at radius 2 is 0.738 bits per heavy atom. The van der Waals surface area contributed by atoms with Crippen LogP contribution in [-0.4, -0.2) is 64.8 Å². The number of carbonyl (C=O) groups excluding carboxylic acids is 1. The van der Waals surface area contributed by atoms with Gasteiger partial charge in [-0.15, -0.1) is 0 Å². The minimum Gasteiger partial charge on any atom is -0.497 e. The predicted molar refractivity (Wildman–Crippen MR) is 233 cm³/mol. The van der Waals surface area contributed by atoms with Crippen molar-refractivity contribution in [2.24, 2.45) is 0 Å². The summed E-state index contributed by atoms with van der Waals surface area (Å²) in [5.41, 5.74) is 3.00. The number of hydrogen-bond acceptors (Lipinski definition) is 9. The van der Waals surface area contributed by atoms with Crippen LogP contribution in [0.25, 0.3) is 0 Å². The van der Waals surface area contributed by atoms with Gasteiger partial charge in [-0.25, -0.2) is 0 Å². The molecule has 0 amide bonds. The lowest BCUT2D eigenvalue weighted by atomic mass is 9.80. The summed E-state index contributed by atoms with van der Waals surface area (Å²) in [5, 5.41) is 9.36. The summed E-state index contributed by atoms with van der Waals surface area (Å²) < 4.78 is 42.3. The summed E-state index contributed by atoms with van der Waals surface area (Å²) >= 11 is 0. The van der Waals surface area contributed by atoms with Gasteiger partial charge in [-0.2, -0.15) is 0 Å². The molecule has 316 valence electrons. The van der Waals surface area contributed by atoms with E-state index in [2.05, 4.69) is 0 Å². The van der Waals surface area contributed by atoms with E-state index in [9.17, 15) is 14.7 Å². The van der Waals surface area contributed by atoms with E-state index in [1.54, 1.807) is 28.4 Å². The first-order valence-electron chi connectivity index (χ1n) is 20.1. The maximum Gasteiger partial charge on any atom is 0.306 e. The minimum atomic E-state index is -1.10. The molecular weight excluding hydrogens is 773 g/mol. The molecule has 1 N–H and O–H groups in total. The smallest absolute Gasteiger partial charge is 0.306 e. The Morgan fingerprint density at radius 1 is 0.443 bits per heavy atom. The molecule has 0 aliphatic rings. The number of esters is 1. The van der Waals surface area contributed by atoms with Crippen LogP contribution in [0.1, 0.15) is 59.1 Å². The van der Waals surface area contributed by atoms with Crippen LogP contribution in [0, 0.1) is 0 Å². The summed E-state index contributed by atoms with van der Waals surface area (Å²) in [7, 11) is 6.50. The molecule has 6 aromatic rings. The van der Waals surface area contributed by atoms with Gasteiger partial charge >= 0.3 is 11.9 Å². The van der Waals surface area contributed by atoms with Gasteiger partial charge in [0.15, 0.2) is 0 Å². The Bertz CT molecular complexity index is 2020. The Kier molecular flexibility index (Phi) is 15.2. The number of hydrogen-bond donors (Lipinski definition) is 1. The van der Waals surface area contributed by atoms with E-state index in [4.69, 9.17) is 33.2 Å². The van der Waals surface area contributed by atoms with Gasteiger partial charge in [0.1, 0.15) is 40.3 Å². The molecule has 0 atom stereocenters. The lowest BCUT2D eigenvalue weighted by Gasteiger charge is -2.37. The number of carboxylic acid groups (broad SMARTS) is 1. The second-order valence-electron chi connectivity index (χ2n) is 14.3. The molecule has 0 saturated heterocycles. The zero-order valence-corrected chi connectivity index (χ0v) is 35.0. The molecular formula is C51H52O10. The van der Waals surface area contributed by atoms with Gasteiger partial charge in [0.25, 0.3) is 0 Å². The molecule has 10 nitrogen and oxygen atoms in total. The van der Waals surface area contributed by atoms with Crippen LogP contribution in [0.2, 0.25) is 0 Å². The van der Waals surface area contributed by atoms with Gasteiger partial charge in [0, 0.05) is 12.8 Å².